The molecular weight excluding hydrogens is 507 g/mol. The first-order valence-corrected chi connectivity index (χ1v) is 13.0. The molecule has 0 radical (unpaired) electrons. The number of amides is 1. The van der Waals surface area contributed by atoms with Gasteiger partial charge in [0, 0.05) is 19.2 Å². The van der Waals surface area contributed by atoms with E-state index in [-0.39, 0.29) is 23.0 Å². The van der Waals surface area contributed by atoms with Gasteiger partial charge in [-0.15, -0.1) is 0 Å². The van der Waals surface area contributed by atoms with Crippen LogP contribution >= 0.6 is 11.6 Å². The van der Waals surface area contributed by atoms with E-state index < -0.39 is 11.6 Å². The highest BCUT2D eigenvalue weighted by Gasteiger charge is 2.47. The number of benzene rings is 1. The van der Waals surface area contributed by atoms with Crippen molar-refractivity contribution in [1.82, 2.24) is 15.1 Å². The van der Waals surface area contributed by atoms with Crippen LogP contribution in [0.25, 0.3) is 11.3 Å². The molecule has 1 amide bonds. The van der Waals surface area contributed by atoms with E-state index in [2.05, 4.69) is 17.3 Å². The summed E-state index contributed by atoms with van der Waals surface area (Å²) < 4.78 is 52.6. The molecule has 0 aliphatic heterocycles. The van der Waals surface area contributed by atoms with Gasteiger partial charge < -0.3 is 14.8 Å². The number of carbonyl (C=O) groups is 1. The van der Waals surface area contributed by atoms with Gasteiger partial charge in [-0.3, -0.25) is 9.48 Å². The van der Waals surface area contributed by atoms with Gasteiger partial charge in [-0.25, -0.2) is 0 Å². The summed E-state index contributed by atoms with van der Waals surface area (Å²) >= 11 is 6.72. The van der Waals surface area contributed by atoms with Gasteiger partial charge in [0.1, 0.15) is 5.75 Å². The number of nitrogens with one attached hydrogen (secondary N) is 1. The quantitative estimate of drug-likeness (QED) is 0.369. The van der Waals surface area contributed by atoms with Crippen molar-refractivity contribution in [2.75, 3.05) is 27.4 Å². The number of methoxy groups -OCH3 is 2. The Morgan fingerprint density at radius 2 is 1.86 bits per heavy atom. The first kappa shape index (κ1) is 29.3. The number of nitrogens with zero attached hydrogens (tertiary/aromatic N) is 2. The van der Waals surface area contributed by atoms with Crippen LogP contribution in [0.5, 0.6) is 5.75 Å². The Labute approximate surface area is 221 Å². The van der Waals surface area contributed by atoms with Crippen LogP contribution in [-0.4, -0.2) is 49.2 Å². The lowest BCUT2D eigenvalue weighted by Crippen LogP contribution is -2.34. The maximum absolute atomic E-state index is 13.4. The Kier molecular flexibility index (Phi) is 9.56. The molecule has 1 aliphatic rings. The highest BCUT2D eigenvalue weighted by Crippen LogP contribution is 2.42. The first-order valence-electron chi connectivity index (χ1n) is 12.7. The van der Waals surface area contributed by atoms with Crippen molar-refractivity contribution < 1.29 is 27.4 Å². The fourth-order valence-corrected chi connectivity index (χ4v) is 5.01. The normalized spacial score (nSPS) is 18.6. The van der Waals surface area contributed by atoms with Crippen LogP contribution in [0, 0.1) is 17.3 Å². The summed E-state index contributed by atoms with van der Waals surface area (Å²) in [5, 5.41) is 7.62. The van der Waals surface area contributed by atoms with Crippen molar-refractivity contribution in [1.29, 1.82) is 0 Å². The van der Waals surface area contributed by atoms with Crippen molar-refractivity contribution in [2.24, 2.45) is 17.3 Å². The van der Waals surface area contributed by atoms with Crippen LogP contribution in [0.1, 0.15) is 62.5 Å². The van der Waals surface area contributed by atoms with Crippen LogP contribution in [0.2, 0.25) is 5.02 Å². The largest absolute Gasteiger partial charge is 0.496 e. The molecule has 0 saturated heterocycles. The number of carbonyl (C=O) groups excluding carboxylic acids is 1. The van der Waals surface area contributed by atoms with Gasteiger partial charge in [0.05, 0.1) is 36.4 Å². The van der Waals surface area contributed by atoms with E-state index in [4.69, 9.17) is 21.1 Å². The molecule has 10 heteroatoms. The average Bonchev–Trinajstić information content (AvgIpc) is 3.17. The Morgan fingerprint density at radius 1 is 1.19 bits per heavy atom. The molecule has 2 aromatic rings. The molecule has 0 unspecified atom stereocenters. The van der Waals surface area contributed by atoms with Crippen molar-refractivity contribution in [3.63, 3.8) is 0 Å². The van der Waals surface area contributed by atoms with Crippen molar-refractivity contribution in [3.8, 4) is 17.0 Å². The lowest BCUT2D eigenvalue weighted by Gasteiger charge is -2.28. The van der Waals surface area contributed by atoms with Gasteiger partial charge in [0.2, 0.25) is 0 Å². The first-order chi connectivity index (χ1) is 17.4. The summed E-state index contributed by atoms with van der Waals surface area (Å²) in [5.41, 5.74) is -0.346. The van der Waals surface area contributed by atoms with Crippen molar-refractivity contribution in [3.05, 3.63) is 34.5 Å². The van der Waals surface area contributed by atoms with Gasteiger partial charge in [0.15, 0.2) is 5.69 Å². The molecule has 1 fully saturated rings. The Morgan fingerprint density at radius 3 is 2.46 bits per heavy atom. The molecular formula is C27H37ClF3N3O3. The number of hydrogen-bond acceptors (Lipinski definition) is 4. The lowest BCUT2D eigenvalue weighted by molar-refractivity contribution is -0.211. The second-order valence-electron chi connectivity index (χ2n) is 10.7. The summed E-state index contributed by atoms with van der Waals surface area (Å²) in [6.07, 6.45) is -0.0780. The van der Waals surface area contributed by atoms with E-state index in [1.165, 1.54) is 21.0 Å². The Bertz CT molecular complexity index is 1080. The Balaban J connectivity index is 1.90. The fourth-order valence-electron chi connectivity index (χ4n) is 4.69. The van der Waals surface area contributed by atoms with Crippen LogP contribution in [-0.2, 0) is 17.7 Å². The van der Waals surface area contributed by atoms with Gasteiger partial charge in [-0.1, -0.05) is 51.3 Å². The second kappa shape index (κ2) is 12.1. The molecule has 1 N–H and O–H groups in total. The zero-order valence-corrected chi connectivity index (χ0v) is 22.9. The van der Waals surface area contributed by atoms with Crippen LogP contribution in [0.15, 0.2) is 18.2 Å². The highest BCUT2D eigenvalue weighted by molar-refractivity contribution is 6.36. The van der Waals surface area contributed by atoms with Crippen LogP contribution in [0.4, 0.5) is 13.2 Å². The van der Waals surface area contributed by atoms with Crippen LogP contribution < -0.4 is 10.1 Å². The predicted molar refractivity (Wildman–Crippen MR) is 138 cm³/mol. The zero-order valence-electron chi connectivity index (χ0n) is 22.2. The minimum absolute atomic E-state index is 0.0984. The maximum Gasteiger partial charge on any atom is 0.394 e. The number of aromatic nitrogens is 2. The summed E-state index contributed by atoms with van der Waals surface area (Å²) in [6.45, 7) is 5.81. The average molecular weight is 544 g/mol. The van der Waals surface area contributed by atoms with Gasteiger partial charge in [-0.05, 0) is 48.8 Å². The summed E-state index contributed by atoms with van der Waals surface area (Å²) in [4.78, 5) is 13.1. The summed E-state index contributed by atoms with van der Waals surface area (Å²) in [7, 11) is 3.00. The molecule has 1 heterocycles. The molecule has 0 spiro atoms. The standard InChI is InChI=1S/C27H37ClF3N3O3/c1-17-6-8-18(9-7-17)16-32-25(35)23-22(28)24(34(33-23)12-13-36-4)20-11-10-19(14-21(20)37-5)15-26(2,3)27(29,30)31/h10-11,14,17-18H,6-9,12-13,15-16H2,1-5H3,(H,32,35). The fraction of sp³-hybridized carbons (Fsp3) is 0.630. The molecule has 37 heavy (non-hydrogen) atoms. The molecule has 206 valence electrons. The number of hydrogen-bond donors (Lipinski definition) is 1. The molecule has 1 aromatic heterocycles. The van der Waals surface area contributed by atoms with Crippen molar-refractivity contribution >= 4 is 17.5 Å². The molecule has 1 aromatic carbocycles. The van der Waals surface area contributed by atoms with Crippen molar-refractivity contribution in [2.45, 2.75) is 65.6 Å². The molecule has 6 nitrogen and oxygen atoms in total. The second-order valence-corrected chi connectivity index (χ2v) is 11.0. The van der Waals surface area contributed by atoms with Gasteiger partial charge in [-0.2, -0.15) is 18.3 Å². The number of halogens is 4. The summed E-state index contributed by atoms with van der Waals surface area (Å²) in [5.74, 6) is 1.15. The van der Waals surface area contributed by atoms with Gasteiger partial charge >= 0.3 is 6.18 Å². The smallest absolute Gasteiger partial charge is 0.394 e. The Hall–Kier alpha value is -2.26. The lowest BCUT2D eigenvalue weighted by atomic mass is 9.83. The van der Waals surface area contributed by atoms with E-state index in [1.54, 1.807) is 30.0 Å². The maximum atomic E-state index is 13.4. The molecule has 1 aliphatic carbocycles. The van der Waals surface area contributed by atoms with Gasteiger partial charge in [0.25, 0.3) is 5.91 Å². The number of ether oxygens (including phenoxy) is 2. The number of alkyl halides is 3. The molecule has 1 saturated carbocycles. The number of rotatable bonds is 10. The third-order valence-electron chi connectivity index (χ3n) is 7.24. The van der Waals surface area contributed by atoms with E-state index >= 15 is 0 Å². The minimum Gasteiger partial charge on any atom is -0.496 e. The van der Waals surface area contributed by atoms with E-state index in [0.29, 0.717) is 48.2 Å². The topological polar surface area (TPSA) is 65.4 Å². The van der Waals surface area contributed by atoms with E-state index in [9.17, 15) is 18.0 Å². The highest BCUT2D eigenvalue weighted by atomic mass is 35.5. The minimum atomic E-state index is -4.35. The monoisotopic (exact) mass is 543 g/mol. The third-order valence-corrected chi connectivity index (χ3v) is 7.60. The predicted octanol–water partition coefficient (Wildman–Crippen LogP) is 6.55. The van der Waals surface area contributed by atoms with E-state index in [1.807, 2.05) is 0 Å². The van der Waals surface area contributed by atoms with E-state index in [0.717, 1.165) is 31.6 Å². The molecule has 0 atom stereocenters. The zero-order chi connectivity index (χ0) is 27.4. The summed E-state index contributed by atoms with van der Waals surface area (Å²) in [6, 6.07) is 4.87. The van der Waals surface area contributed by atoms with Crippen LogP contribution in [0.3, 0.4) is 0 Å². The molecule has 0 bridgehead atoms. The SMILES string of the molecule is COCCn1nc(C(=O)NCC2CCC(C)CC2)c(Cl)c1-c1ccc(CC(C)(C)C(F)(F)F)cc1OC. The molecule has 3 rings (SSSR count). The third kappa shape index (κ3) is 6.99.